The Kier molecular flexibility index (Phi) is 7.74. The van der Waals surface area contributed by atoms with E-state index in [9.17, 15) is 0 Å². The molecule has 2 nitrogen and oxygen atoms in total. The van der Waals surface area contributed by atoms with Crippen LogP contribution in [0.4, 0.5) is 0 Å². The smallest absolute Gasteiger partial charge is 0.131 e. The molecular weight excluding hydrogens is 470 g/mol. The van der Waals surface area contributed by atoms with E-state index < -0.39 is 7.92 Å². The molecule has 176 valence electrons. The summed E-state index contributed by atoms with van der Waals surface area (Å²) >= 11 is 13.4. The lowest BCUT2D eigenvalue weighted by Crippen LogP contribution is -2.27. The van der Waals surface area contributed by atoms with Crippen LogP contribution in [-0.2, 0) is 10.8 Å². The van der Waals surface area contributed by atoms with Gasteiger partial charge >= 0.3 is 0 Å². The van der Waals surface area contributed by atoms with Crippen molar-refractivity contribution < 1.29 is 9.47 Å². The van der Waals surface area contributed by atoms with Crippen LogP contribution in [0.25, 0.3) is 0 Å². The molecule has 0 spiro atoms. The van der Waals surface area contributed by atoms with Crippen LogP contribution in [0.2, 0.25) is 10.0 Å². The summed E-state index contributed by atoms with van der Waals surface area (Å²) < 4.78 is 12.1. The van der Waals surface area contributed by atoms with Crippen molar-refractivity contribution >= 4 is 47.0 Å². The average Bonchev–Trinajstić information content (AvgIpc) is 2.73. The summed E-state index contributed by atoms with van der Waals surface area (Å²) in [5.41, 5.74) is 1.87. The summed E-state index contributed by atoms with van der Waals surface area (Å²) in [6.07, 6.45) is 0. The molecule has 0 atom stereocenters. The minimum Gasteiger partial charge on any atom is -0.496 e. The van der Waals surface area contributed by atoms with Gasteiger partial charge in [0.05, 0.1) is 14.2 Å². The summed E-state index contributed by atoms with van der Waals surface area (Å²) in [7, 11) is 2.39. The van der Waals surface area contributed by atoms with Gasteiger partial charge in [0.2, 0.25) is 0 Å². The number of methoxy groups -OCH3 is 2. The van der Waals surface area contributed by atoms with Gasteiger partial charge in [-0.15, -0.1) is 0 Å². The molecule has 0 aromatic heterocycles. The maximum absolute atomic E-state index is 6.71. The fourth-order valence-electron chi connectivity index (χ4n) is 4.02. The van der Waals surface area contributed by atoms with Crippen molar-refractivity contribution in [2.24, 2.45) is 0 Å². The molecule has 0 amide bonds. The molecule has 3 rings (SSSR count). The number of benzene rings is 3. The predicted octanol–water partition coefficient (Wildman–Crippen LogP) is 7.36. The topological polar surface area (TPSA) is 18.5 Å². The van der Waals surface area contributed by atoms with Crippen LogP contribution in [0.5, 0.6) is 11.5 Å². The van der Waals surface area contributed by atoms with Crippen molar-refractivity contribution in [3.63, 3.8) is 0 Å². The quantitative estimate of drug-likeness (QED) is 0.339. The van der Waals surface area contributed by atoms with Crippen LogP contribution in [0.3, 0.4) is 0 Å². The molecule has 0 saturated carbocycles. The molecule has 0 saturated heterocycles. The van der Waals surface area contributed by atoms with E-state index in [1.165, 1.54) is 5.30 Å². The van der Waals surface area contributed by atoms with Crippen LogP contribution in [0.15, 0.2) is 54.6 Å². The standard InChI is InChI=1S/C28H33Cl2O2P/c1-27(2,3)21-14-18(29)16-23(25(21)31-7)33(20-12-10-9-11-13-20)24-17-19(30)15-22(26(24)32-8)28(4,5)6/h9-17H,1-8H3. The van der Waals surface area contributed by atoms with Crippen molar-refractivity contribution in [1.82, 2.24) is 0 Å². The molecule has 0 aliphatic heterocycles. The third-order valence-corrected chi connectivity index (χ3v) is 8.47. The van der Waals surface area contributed by atoms with Gasteiger partial charge in [0.15, 0.2) is 0 Å². The number of halogens is 2. The maximum atomic E-state index is 6.71. The zero-order valence-corrected chi connectivity index (χ0v) is 23.1. The first-order valence-electron chi connectivity index (χ1n) is 11.0. The zero-order chi connectivity index (χ0) is 24.6. The zero-order valence-electron chi connectivity index (χ0n) is 20.7. The van der Waals surface area contributed by atoms with Crippen LogP contribution < -0.4 is 25.4 Å². The van der Waals surface area contributed by atoms with Gasteiger partial charge < -0.3 is 9.47 Å². The van der Waals surface area contributed by atoms with Crippen LogP contribution >= 0.6 is 31.1 Å². The summed E-state index contributed by atoms with van der Waals surface area (Å²) in [6.45, 7) is 13.0. The summed E-state index contributed by atoms with van der Waals surface area (Å²) in [5.74, 6) is 1.72. The number of hydrogen-bond donors (Lipinski definition) is 0. The number of hydrogen-bond acceptors (Lipinski definition) is 2. The van der Waals surface area contributed by atoms with E-state index in [0.29, 0.717) is 10.0 Å². The Morgan fingerprint density at radius 2 is 1.03 bits per heavy atom. The molecule has 0 unspecified atom stereocenters. The van der Waals surface area contributed by atoms with E-state index in [2.05, 4.69) is 65.8 Å². The fraction of sp³-hybridized carbons (Fsp3) is 0.357. The van der Waals surface area contributed by atoms with E-state index in [1.807, 2.05) is 30.3 Å². The van der Waals surface area contributed by atoms with Crippen molar-refractivity contribution in [2.45, 2.75) is 52.4 Å². The number of rotatable bonds is 5. The van der Waals surface area contributed by atoms with Gasteiger partial charge in [0.25, 0.3) is 0 Å². The van der Waals surface area contributed by atoms with E-state index >= 15 is 0 Å². The molecule has 0 aliphatic rings. The second kappa shape index (κ2) is 9.87. The van der Waals surface area contributed by atoms with Gasteiger partial charge in [-0.2, -0.15) is 0 Å². The first-order chi connectivity index (χ1) is 15.4. The molecule has 33 heavy (non-hydrogen) atoms. The Balaban J connectivity index is 2.47. The highest BCUT2D eigenvalue weighted by Gasteiger charge is 2.32. The highest BCUT2D eigenvalue weighted by Crippen LogP contribution is 2.46. The Morgan fingerprint density at radius 1 is 0.636 bits per heavy atom. The molecule has 0 bridgehead atoms. The van der Waals surface area contributed by atoms with Crippen LogP contribution in [0, 0.1) is 0 Å². The van der Waals surface area contributed by atoms with Gasteiger partial charge in [0, 0.05) is 31.8 Å². The van der Waals surface area contributed by atoms with E-state index in [-0.39, 0.29) is 10.8 Å². The average molecular weight is 503 g/mol. The highest BCUT2D eigenvalue weighted by molar-refractivity contribution is 7.80. The van der Waals surface area contributed by atoms with Gasteiger partial charge in [-0.1, -0.05) is 95.1 Å². The molecule has 3 aromatic rings. The molecule has 0 N–H and O–H groups in total. The van der Waals surface area contributed by atoms with Crippen LogP contribution in [0.1, 0.15) is 52.7 Å². The first-order valence-corrected chi connectivity index (χ1v) is 13.1. The lowest BCUT2D eigenvalue weighted by Gasteiger charge is -2.31. The largest absolute Gasteiger partial charge is 0.496 e. The first kappa shape index (κ1) is 25.9. The van der Waals surface area contributed by atoms with Crippen molar-refractivity contribution in [3.05, 3.63) is 75.8 Å². The van der Waals surface area contributed by atoms with Gasteiger partial charge in [-0.05, 0) is 48.3 Å². The third-order valence-electron chi connectivity index (χ3n) is 5.59. The SMILES string of the molecule is COc1c(P(c2ccccc2)c2cc(Cl)cc(C(C)(C)C)c2OC)cc(Cl)cc1C(C)(C)C. The molecular formula is C28H33Cl2O2P. The molecule has 0 aliphatic carbocycles. The minimum atomic E-state index is -1.08. The lowest BCUT2D eigenvalue weighted by atomic mass is 9.86. The van der Waals surface area contributed by atoms with Crippen molar-refractivity contribution in [2.75, 3.05) is 14.2 Å². The maximum Gasteiger partial charge on any atom is 0.131 e. The van der Waals surface area contributed by atoms with E-state index in [0.717, 1.165) is 33.2 Å². The van der Waals surface area contributed by atoms with Crippen molar-refractivity contribution in [3.8, 4) is 11.5 Å². The summed E-state index contributed by atoms with van der Waals surface area (Å²) in [5, 5.41) is 4.66. The molecule has 5 heteroatoms. The van der Waals surface area contributed by atoms with Crippen LogP contribution in [-0.4, -0.2) is 14.2 Å². The minimum absolute atomic E-state index is 0.141. The lowest BCUT2D eigenvalue weighted by molar-refractivity contribution is 0.400. The second-order valence-electron chi connectivity index (χ2n) is 10.2. The monoisotopic (exact) mass is 502 g/mol. The van der Waals surface area contributed by atoms with E-state index in [1.54, 1.807) is 14.2 Å². The summed E-state index contributed by atoms with van der Waals surface area (Å²) in [4.78, 5) is 0. The normalized spacial score (nSPS) is 12.2. The third kappa shape index (κ3) is 5.51. The van der Waals surface area contributed by atoms with Crippen molar-refractivity contribution in [1.29, 1.82) is 0 Å². The fourth-order valence-corrected chi connectivity index (χ4v) is 7.26. The molecule has 0 heterocycles. The van der Waals surface area contributed by atoms with E-state index in [4.69, 9.17) is 32.7 Å². The summed E-state index contributed by atoms with van der Waals surface area (Å²) in [6, 6.07) is 18.6. The van der Waals surface area contributed by atoms with Gasteiger partial charge in [-0.25, -0.2) is 0 Å². The predicted molar refractivity (Wildman–Crippen MR) is 146 cm³/mol. The Labute approximate surface area is 210 Å². The molecule has 0 fully saturated rings. The molecule has 0 radical (unpaired) electrons. The Hall–Kier alpha value is -1.73. The highest BCUT2D eigenvalue weighted by atomic mass is 35.5. The van der Waals surface area contributed by atoms with Gasteiger partial charge in [0.1, 0.15) is 11.5 Å². The number of ether oxygens (including phenoxy) is 2. The Bertz CT molecular complexity index is 1060. The second-order valence-corrected chi connectivity index (χ2v) is 13.2. The van der Waals surface area contributed by atoms with Gasteiger partial charge in [-0.3, -0.25) is 0 Å². The molecule has 3 aromatic carbocycles. The Morgan fingerprint density at radius 3 is 1.36 bits per heavy atom.